The summed E-state index contributed by atoms with van der Waals surface area (Å²) in [4.78, 5) is 20.2. The molecule has 1 aliphatic rings. The number of carbonyl (C=O) groups excluding carboxylic acids is 1. The monoisotopic (exact) mass is 513 g/mol. The molecule has 1 atom stereocenters. The summed E-state index contributed by atoms with van der Waals surface area (Å²) in [6, 6.07) is 22.1. The third-order valence-electron chi connectivity index (χ3n) is 6.78. The van der Waals surface area contributed by atoms with E-state index in [0.29, 0.717) is 35.1 Å². The SMILES string of the molecule is COc1ccc(C2c3c(nc4cc(Cl)ccn34)CCN2C(=O)COc2ccc3ccccc3c2)cc1O. The molecular formula is C29H24ClN3O4. The Bertz CT molecular complexity index is 1650. The fraction of sp³-hybridized carbons (Fsp3) is 0.172. The lowest BCUT2D eigenvalue weighted by Gasteiger charge is -2.36. The molecule has 0 spiro atoms. The van der Waals surface area contributed by atoms with E-state index >= 15 is 0 Å². The summed E-state index contributed by atoms with van der Waals surface area (Å²) in [6.45, 7) is 0.344. The third kappa shape index (κ3) is 4.21. The first-order chi connectivity index (χ1) is 18.0. The Kier molecular flexibility index (Phi) is 5.85. The summed E-state index contributed by atoms with van der Waals surface area (Å²) in [6.07, 6.45) is 2.45. The molecular weight excluding hydrogens is 490 g/mol. The van der Waals surface area contributed by atoms with Crippen LogP contribution in [0.4, 0.5) is 0 Å². The second kappa shape index (κ2) is 9.33. The predicted molar refractivity (Wildman–Crippen MR) is 142 cm³/mol. The van der Waals surface area contributed by atoms with Crippen LogP contribution in [0.2, 0.25) is 5.02 Å². The van der Waals surface area contributed by atoms with Crippen LogP contribution in [0, 0.1) is 0 Å². The number of halogens is 1. The molecule has 1 unspecified atom stereocenters. The highest BCUT2D eigenvalue weighted by Gasteiger charge is 2.36. The van der Waals surface area contributed by atoms with Gasteiger partial charge in [0.25, 0.3) is 5.91 Å². The Labute approximate surface area is 218 Å². The number of benzene rings is 3. The van der Waals surface area contributed by atoms with Crippen molar-refractivity contribution in [3.05, 3.63) is 101 Å². The van der Waals surface area contributed by atoms with Crippen molar-refractivity contribution in [2.24, 2.45) is 0 Å². The van der Waals surface area contributed by atoms with Gasteiger partial charge in [-0.2, -0.15) is 0 Å². The van der Waals surface area contributed by atoms with Gasteiger partial charge in [0.15, 0.2) is 18.1 Å². The molecule has 3 aromatic carbocycles. The molecule has 1 amide bonds. The van der Waals surface area contributed by atoms with Gasteiger partial charge >= 0.3 is 0 Å². The van der Waals surface area contributed by atoms with E-state index in [1.165, 1.54) is 7.11 Å². The maximum atomic E-state index is 13.6. The van der Waals surface area contributed by atoms with Crippen molar-refractivity contribution in [1.29, 1.82) is 0 Å². The largest absolute Gasteiger partial charge is 0.504 e. The zero-order valence-electron chi connectivity index (χ0n) is 20.1. The molecule has 37 heavy (non-hydrogen) atoms. The first-order valence-electron chi connectivity index (χ1n) is 12.0. The molecule has 3 heterocycles. The number of imidazole rings is 1. The topological polar surface area (TPSA) is 76.3 Å². The fourth-order valence-corrected chi connectivity index (χ4v) is 5.19. The molecule has 6 rings (SSSR count). The van der Waals surface area contributed by atoms with Crippen LogP contribution in [0.1, 0.15) is 23.0 Å². The Hall–Kier alpha value is -4.23. The quantitative estimate of drug-likeness (QED) is 0.340. The Morgan fingerprint density at radius 2 is 1.92 bits per heavy atom. The van der Waals surface area contributed by atoms with E-state index in [0.717, 1.165) is 27.7 Å². The van der Waals surface area contributed by atoms with Gasteiger partial charge in [0.1, 0.15) is 11.4 Å². The van der Waals surface area contributed by atoms with Crippen molar-refractivity contribution < 1.29 is 19.4 Å². The minimum atomic E-state index is -0.482. The second-order valence-electron chi connectivity index (χ2n) is 8.99. The average molecular weight is 514 g/mol. The highest BCUT2D eigenvalue weighted by molar-refractivity contribution is 6.30. The molecule has 0 bridgehead atoms. The lowest BCUT2D eigenvalue weighted by molar-refractivity contribution is -0.135. The van der Waals surface area contributed by atoms with Gasteiger partial charge in [-0.1, -0.05) is 48.0 Å². The van der Waals surface area contributed by atoms with Gasteiger partial charge in [-0.05, 0) is 46.7 Å². The van der Waals surface area contributed by atoms with Gasteiger partial charge in [0, 0.05) is 30.3 Å². The number of aromatic hydroxyl groups is 1. The van der Waals surface area contributed by atoms with Crippen LogP contribution in [-0.2, 0) is 11.2 Å². The van der Waals surface area contributed by atoms with Crippen molar-refractivity contribution in [3.63, 3.8) is 0 Å². The normalized spacial score (nSPS) is 15.1. The molecule has 0 aliphatic carbocycles. The van der Waals surface area contributed by atoms with Gasteiger partial charge < -0.3 is 23.9 Å². The molecule has 0 saturated carbocycles. The maximum Gasteiger partial charge on any atom is 0.261 e. The van der Waals surface area contributed by atoms with Crippen LogP contribution in [0.3, 0.4) is 0 Å². The van der Waals surface area contributed by atoms with E-state index in [-0.39, 0.29) is 18.3 Å². The van der Waals surface area contributed by atoms with Crippen LogP contribution in [0.15, 0.2) is 79.0 Å². The fourth-order valence-electron chi connectivity index (χ4n) is 5.03. The van der Waals surface area contributed by atoms with Crippen LogP contribution in [-0.4, -0.2) is 45.6 Å². The number of hydrogen-bond acceptors (Lipinski definition) is 5. The van der Waals surface area contributed by atoms with Crippen molar-refractivity contribution in [2.75, 3.05) is 20.3 Å². The van der Waals surface area contributed by atoms with Gasteiger partial charge in [0.2, 0.25) is 0 Å². The highest BCUT2D eigenvalue weighted by atomic mass is 35.5. The van der Waals surface area contributed by atoms with Crippen LogP contribution in [0.5, 0.6) is 17.2 Å². The lowest BCUT2D eigenvalue weighted by Crippen LogP contribution is -2.43. The highest BCUT2D eigenvalue weighted by Crippen LogP contribution is 2.39. The third-order valence-corrected chi connectivity index (χ3v) is 7.02. The summed E-state index contributed by atoms with van der Waals surface area (Å²) in [5, 5.41) is 13.3. The first-order valence-corrected chi connectivity index (χ1v) is 12.3. The Balaban J connectivity index is 1.36. The number of carbonyl (C=O) groups is 1. The van der Waals surface area contributed by atoms with Crippen molar-refractivity contribution in [2.45, 2.75) is 12.5 Å². The van der Waals surface area contributed by atoms with Crippen LogP contribution < -0.4 is 9.47 Å². The van der Waals surface area contributed by atoms with E-state index in [2.05, 4.69) is 0 Å². The predicted octanol–water partition coefficient (Wildman–Crippen LogP) is 5.41. The lowest BCUT2D eigenvalue weighted by atomic mass is 9.95. The number of ether oxygens (including phenoxy) is 2. The molecule has 0 radical (unpaired) electrons. The summed E-state index contributed by atoms with van der Waals surface area (Å²) in [5.74, 6) is 0.835. The first kappa shape index (κ1) is 23.2. The zero-order chi connectivity index (χ0) is 25.5. The number of amides is 1. The van der Waals surface area contributed by atoms with E-state index in [1.807, 2.05) is 59.1 Å². The molecule has 5 aromatic rings. The number of phenols is 1. The summed E-state index contributed by atoms with van der Waals surface area (Å²) < 4.78 is 13.1. The van der Waals surface area contributed by atoms with E-state index in [9.17, 15) is 9.90 Å². The minimum Gasteiger partial charge on any atom is -0.504 e. The van der Waals surface area contributed by atoms with Crippen LogP contribution in [0.25, 0.3) is 16.4 Å². The minimum absolute atomic E-state index is 0.00352. The molecule has 2 aromatic heterocycles. The number of aromatic nitrogens is 2. The van der Waals surface area contributed by atoms with Gasteiger partial charge in [-0.15, -0.1) is 0 Å². The molecule has 8 heteroatoms. The van der Waals surface area contributed by atoms with Gasteiger partial charge in [-0.3, -0.25) is 4.79 Å². The molecule has 1 aliphatic heterocycles. The summed E-state index contributed by atoms with van der Waals surface area (Å²) >= 11 is 6.22. The Morgan fingerprint density at radius 1 is 1.08 bits per heavy atom. The van der Waals surface area contributed by atoms with E-state index in [4.69, 9.17) is 26.1 Å². The number of pyridine rings is 1. The Morgan fingerprint density at radius 3 is 2.73 bits per heavy atom. The van der Waals surface area contributed by atoms with Gasteiger partial charge in [0.05, 0.1) is 24.5 Å². The van der Waals surface area contributed by atoms with Crippen molar-refractivity contribution >= 4 is 33.9 Å². The molecule has 186 valence electrons. The number of methoxy groups -OCH3 is 1. The standard InChI is InChI=1S/C29H24ClN3O4/c1-36-25-9-7-20(15-24(25)34)28-29-23(31-26-16-21(30)10-12-32(26)29)11-13-33(28)27(35)17-37-22-8-6-18-4-2-3-5-19(18)14-22/h2-10,12,14-16,28,34H,11,13,17H2,1H3. The van der Waals surface area contributed by atoms with Crippen LogP contribution >= 0.6 is 11.6 Å². The number of fused-ring (bicyclic) bond motifs is 4. The maximum absolute atomic E-state index is 13.6. The molecule has 7 nitrogen and oxygen atoms in total. The van der Waals surface area contributed by atoms with Gasteiger partial charge in [-0.25, -0.2) is 4.98 Å². The van der Waals surface area contributed by atoms with E-state index < -0.39 is 6.04 Å². The number of phenolic OH excluding ortho intramolecular Hbond substituents is 1. The zero-order valence-corrected chi connectivity index (χ0v) is 20.9. The summed E-state index contributed by atoms with van der Waals surface area (Å²) in [5.41, 5.74) is 3.21. The summed E-state index contributed by atoms with van der Waals surface area (Å²) in [7, 11) is 1.50. The molecule has 0 fully saturated rings. The van der Waals surface area contributed by atoms with Crippen molar-refractivity contribution in [1.82, 2.24) is 14.3 Å². The number of rotatable bonds is 5. The number of nitrogens with zero attached hydrogens (tertiary/aromatic N) is 3. The average Bonchev–Trinajstić information content (AvgIpc) is 3.28. The molecule has 0 saturated heterocycles. The van der Waals surface area contributed by atoms with E-state index in [1.54, 1.807) is 29.2 Å². The smallest absolute Gasteiger partial charge is 0.261 e. The second-order valence-corrected chi connectivity index (χ2v) is 9.42. The van der Waals surface area contributed by atoms with Crippen molar-refractivity contribution in [3.8, 4) is 17.2 Å². The molecule has 1 N–H and O–H groups in total. The number of hydrogen-bond donors (Lipinski definition) is 1.